The molecule has 0 fully saturated rings. The van der Waals surface area contributed by atoms with Crippen LogP contribution >= 0.6 is 15.9 Å². The zero-order chi connectivity index (χ0) is 25.5. The standard InChI is InChI=1S/C34H34BrN/c1-32(2)27-20-23(29(35)21-28(27)33(3,4)34(32,5)6)19-22-13-12-17-26-25-16-10-11-18-30(25)36(31(22)26)24-14-8-7-9-15-24/h7-18,20-21H,19H2,1-6H3. The van der Waals surface area contributed by atoms with Gasteiger partial charge < -0.3 is 4.57 Å². The number of hydrogen-bond acceptors (Lipinski definition) is 0. The Bertz CT molecular complexity index is 1630. The second-order valence-corrected chi connectivity index (χ2v) is 12.9. The van der Waals surface area contributed by atoms with Gasteiger partial charge in [0.25, 0.3) is 0 Å². The fourth-order valence-electron chi connectivity index (χ4n) is 6.52. The predicted octanol–water partition coefficient (Wildman–Crippen LogP) is 9.73. The van der Waals surface area contributed by atoms with Crippen LogP contribution in [0.2, 0.25) is 0 Å². The smallest absolute Gasteiger partial charge is 0.0576 e. The number of aromatic nitrogens is 1. The van der Waals surface area contributed by atoms with Gasteiger partial charge in [-0.25, -0.2) is 0 Å². The van der Waals surface area contributed by atoms with Gasteiger partial charge in [-0.15, -0.1) is 0 Å². The van der Waals surface area contributed by atoms with Gasteiger partial charge in [-0.1, -0.05) is 118 Å². The van der Waals surface area contributed by atoms with Crippen molar-refractivity contribution in [2.45, 2.75) is 58.8 Å². The average molecular weight is 537 g/mol. The second-order valence-electron chi connectivity index (χ2n) is 12.0. The van der Waals surface area contributed by atoms with Crippen molar-refractivity contribution in [3.63, 3.8) is 0 Å². The monoisotopic (exact) mass is 535 g/mol. The van der Waals surface area contributed by atoms with Crippen LogP contribution in [0.3, 0.4) is 0 Å². The van der Waals surface area contributed by atoms with Crippen molar-refractivity contribution in [1.82, 2.24) is 4.57 Å². The number of fused-ring (bicyclic) bond motifs is 4. The van der Waals surface area contributed by atoms with Crippen molar-refractivity contribution in [3.05, 3.63) is 112 Å². The van der Waals surface area contributed by atoms with Gasteiger partial charge in [0.05, 0.1) is 11.0 Å². The molecule has 0 N–H and O–H groups in total. The van der Waals surface area contributed by atoms with Gasteiger partial charge in [-0.2, -0.15) is 0 Å². The van der Waals surface area contributed by atoms with Crippen LogP contribution in [0.4, 0.5) is 0 Å². The lowest BCUT2D eigenvalue weighted by molar-refractivity contribution is 0.125. The van der Waals surface area contributed by atoms with E-state index >= 15 is 0 Å². The third-order valence-electron chi connectivity index (χ3n) is 9.83. The molecule has 0 bridgehead atoms. The number of halogens is 1. The number of hydrogen-bond donors (Lipinski definition) is 0. The molecule has 182 valence electrons. The van der Waals surface area contributed by atoms with Crippen LogP contribution < -0.4 is 0 Å². The van der Waals surface area contributed by atoms with Crippen LogP contribution in [-0.4, -0.2) is 4.57 Å². The largest absolute Gasteiger partial charge is 0.309 e. The summed E-state index contributed by atoms with van der Waals surface area (Å²) in [6.45, 7) is 14.5. The van der Waals surface area contributed by atoms with E-state index < -0.39 is 0 Å². The van der Waals surface area contributed by atoms with E-state index in [2.05, 4.69) is 147 Å². The molecule has 1 aromatic heterocycles. The first kappa shape index (κ1) is 23.6. The van der Waals surface area contributed by atoms with Crippen molar-refractivity contribution < 1.29 is 0 Å². The highest BCUT2D eigenvalue weighted by atomic mass is 79.9. The maximum absolute atomic E-state index is 3.99. The van der Waals surface area contributed by atoms with Crippen LogP contribution in [0.25, 0.3) is 27.5 Å². The van der Waals surface area contributed by atoms with Crippen LogP contribution in [0.15, 0.2) is 89.4 Å². The molecule has 1 aliphatic rings. The fourth-order valence-corrected chi connectivity index (χ4v) is 7.01. The van der Waals surface area contributed by atoms with Crippen LogP contribution in [0.1, 0.15) is 63.8 Å². The Labute approximate surface area is 223 Å². The van der Waals surface area contributed by atoms with E-state index in [9.17, 15) is 0 Å². The molecule has 0 radical (unpaired) electrons. The van der Waals surface area contributed by atoms with E-state index in [1.807, 2.05) is 0 Å². The van der Waals surface area contributed by atoms with E-state index in [0.29, 0.717) is 0 Å². The molecule has 0 saturated carbocycles. The van der Waals surface area contributed by atoms with E-state index in [1.54, 1.807) is 0 Å². The molecule has 0 aliphatic heterocycles. The Morgan fingerprint density at radius 3 is 1.97 bits per heavy atom. The Balaban J connectivity index is 1.58. The molecule has 0 unspecified atom stereocenters. The number of benzene rings is 4. The Morgan fingerprint density at radius 1 is 0.639 bits per heavy atom. The second kappa shape index (κ2) is 7.83. The Kier molecular flexibility index (Phi) is 5.12. The first-order valence-corrected chi connectivity index (χ1v) is 13.7. The van der Waals surface area contributed by atoms with Gasteiger partial charge in [0.1, 0.15) is 0 Å². The molecule has 36 heavy (non-hydrogen) atoms. The normalized spacial score (nSPS) is 17.5. The molecule has 5 aromatic rings. The van der Waals surface area contributed by atoms with E-state index in [1.165, 1.54) is 54.2 Å². The van der Waals surface area contributed by atoms with E-state index in [4.69, 9.17) is 0 Å². The zero-order valence-corrected chi connectivity index (χ0v) is 23.7. The third-order valence-corrected chi connectivity index (χ3v) is 10.6. The van der Waals surface area contributed by atoms with Crippen molar-refractivity contribution in [2.75, 3.05) is 0 Å². The first-order valence-electron chi connectivity index (χ1n) is 13.0. The van der Waals surface area contributed by atoms with Crippen molar-refractivity contribution >= 4 is 37.7 Å². The topological polar surface area (TPSA) is 4.93 Å². The van der Waals surface area contributed by atoms with Crippen LogP contribution in [0, 0.1) is 5.41 Å². The van der Waals surface area contributed by atoms with E-state index in [0.717, 1.165) is 6.42 Å². The Hall–Kier alpha value is -2.84. The molecule has 6 rings (SSSR count). The highest BCUT2D eigenvalue weighted by Crippen LogP contribution is 2.62. The van der Waals surface area contributed by atoms with Crippen LogP contribution in [0.5, 0.6) is 0 Å². The highest BCUT2D eigenvalue weighted by molar-refractivity contribution is 9.10. The minimum absolute atomic E-state index is 0.0895. The predicted molar refractivity (Wildman–Crippen MR) is 158 cm³/mol. The van der Waals surface area contributed by atoms with Crippen molar-refractivity contribution in [1.29, 1.82) is 0 Å². The lowest BCUT2D eigenvalue weighted by Gasteiger charge is -2.44. The molecule has 1 heterocycles. The van der Waals surface area contributed by atoms with E-state index in [-0.39, 0.29) is 16.2 Å². The molecule has 4 aromatic carbocycles. The summed E-state index contributed by atoms with van der Waals surface area (Å²) in [5.74, 6) is 0. The SMILES string of the molecule is CC1(C)c2cc(Br)c(Cc3cccc4c5ccccc5n(-c5ccccc5)c34)cc2C(C)(C)C1(C)C. The minimum Gasteiger partial charge on any atom is -0.309 e. The van der Waals surface area contributed by atoms with Gasteiger partial charge in [0.2, 0.25) is 0 Å². The number of para-hydroxylation sites is 3. The fraction of sp³-hybridized carbons (Fsp3) is 0.294. The summed E-state index contributed by atoms with van der Waals surface area (Å²) in [6, 6.07) is 31.2. The summed E-state index contributed by atoms with van der Waals surface area (Å²) in [5.41, 5.74) is 9.78. The summed E-state index contributed by atoms with van der Waals surface area (Å²) in [7, 11) is 0. The summed E-state index contributed by atoms with van der Waals surface area (Å²) in [6.07, 6.45) is 0.880. The van der Waals surface area contributed by atoms with Gasteiger partial charge in [-0.05, 0) is 62.8 Å². The average Bonchev–Trinajstić information content (AvgIpc) is 3.24. The maximum Gasteiger partial charge on any atom is 0.0576 e. The maximum atomic E-state index is 3.99. The number of rotatable bonds is 3. The van der Waals surface area contributed by atoms with Gasteiger partial charge in [0.15, 0.2) is 0 Å². The van der Waals surface area contributed by atoms with Gasteiger partial charge >= 0.3 is 0 Å². The van der Waals surface area contributed by atoms with Crippen LogP contribution in [-0.2, 0) is 17.3 Å². The first-order chi connectivity index (χ1) is 17.1. The molecule has 1 nitrogen and oxygen atoms in total. The minimum atomic E-state index is 0.0895. The molecule has 0 atom stereocenters. The van der Waals surface area contributed by atoms with Crippen molar-refractivity contribution in [3.8, 4) is 5.69 Å². The Morgan fingerprint density at radius 2 is 1.25 bits per heavy atom. The van der Waals surface area contributed by atoms with Crippen molar-refractivity contribution in [2.24, 2.45) is 5.41 Å². The summed E-state index contributed by atoms with van der Waals surface area (Å²) in [5, 5.41) is 2.61. The quantitative estimate of drug-likeness (QED) is 0.216. The number of nitrogens with zero attached hydrogens (tertiary/aromatic N) is 1. The molecule has 2 heteroatoms. The lowest BCUT2D eigenvalue weighted by atomic mass is 9.59. The molecular weight excluding hydrogens is 502 g/mol. The molecule has 0 spiro atoms. The molecule has 1 aliphatic carbocycles. The third kappa shape index (κ3) is 3.07. The van der Waals surface area contributed by atoms with Gasteiger partial charge in [0, 0.05) is 27.4 Å². The molecule has 0 saturated heterocycles. The summed E-state index contributed by atoms with van der Waals surface area (Å²) < 4.78 is 3.65. The summed E-state index contributed by atoms with van der Waals surface area (Å²) in [4.78, 5) is 0. The summed E-state index contributed by atoms with van der Waals surface area (Å²) >= 11 is 3.99. The zero-order valence-electron chi connectivity index (χ0n) is 22.1. The molecule has 0 amide bonds. The molecular formula is C34H34BrN. The lowest BCUT2D eigenvalue weighted by Crippen LogP contribution is -2.42. The van der Waals surface area contributed by atoms with Gasteiger partial charge in [-0.3, -0.25) is 0 Å². The highest BCUT2D eigenvalue weighted by Gasteiger charge is 2.56.